The number of carbonyl (C=O) groups excluding carboxylic acids is 1. The van der Waals surface area contributed by atoms with Gasteiger partial charge in [-0.15, -0.1) is 0 Å². The molecule has 0 spiro atoms. The van der Waals surface area contributed by atoms with Gasteiger partial charge < -0.3 is 14.8 Å². The summed E-state index contributed by atoms with van der Waals surface area (Å²) < 4.78 is 2.39. The molecule has 3 atom stereocenters. The molecule has 3 aliphatic rings. The molecule has 2 aromatic rings. The Morgan fingerprint density at radius 2 is 2.04 bits per heavy atom. The van der Waals surface area contributed by atoms with Gasteiger partial charge in [0.15, 0.2) is 0 Å². The van der Waals surface area contributed by atoms with E-state index in [0.717, 1.165) is 38.8 Å². The number of benzene rings is 1. The molecule has 2 heterocycles. The van der Waals surface area contributed by atoms with Crippen LogP contribution in [0.25, 0.3) is 10.9 Å². The van der Waals surface area contributed by atoms with Crippen molar-refractivity contribution < 1.29 is 4.79 Å². The normalized spacial score (nSPS) is 28.3. The number of piperidine rings is 1. The predicted octanol–water partition coefficient (Wildman–Crippen LogP) is 4.07. The molecule has 1 saturated heterocycles. The highest BCUT2D eigenvalue weighted by Crippen LogP contribution is 2.45. The van der Waals surface area contributed by atoms with Gasteiger partial charge in [-0.3, -0.25) is 4.79 Å². The molecule has 5 rings (SSSR count). The number of carbonyl (C=O) groups is 1. The van der Waals surface area contributed by atoms with Crippen LogP contribution >= 0.6 is 0 Å². The minimum absolute atomic E-state index is 0.109. The number of hydrogen-bond acceptors (Lipinski definition) is 2. The van der Waals surface area contributed by atoms with Crippen LogP contribution in [0.2, 0.25) is 0 Å². The van der Waals surface area contributed by atoms with E-state index >= 15 is 0 Å². The highest BCUT2D eigenvalue weighted by Gasteiger charge is 2.41. The van der Waals surface area contributed by atoms with Crippen molar-refractivity contribution in [2.24, 2.45) is 5.92 Å². The Kier molecular flexibility index (Phi) is 4.70. The average molecular weight is 380 g/mol. The van der Waals surface area contributed by atoms with E-state index in [1.807, 2.05) is 0 Å². The number of hydrogen-bond donors (Lipinski definition) is 1. The fourth-order valence-electron chi connectivity index (χ4n) is 6.14. The fourth-order valence-corrected chi connectivity index (χ4v) is 6.14. The lowest BCUT2D eigenvalue weighted by Crippen LogP contribution is -2.52. The summed E-state index contributed by atoms with van der Waals surface area (Å²) in [6.45, 7) is 4.12. The zero-order valence-corrected chi connectivity index (χ0v) is 17.3. The summed E-state index contributed by atoms with van der Waals surface area (Å²) in [5, 5.41) is 4.86. The van der Waals surface area contributed by atoms with Crippen molar-refractivity contribution >= 4 is 16.8 Å². The maximum Gasteiger partial charge on any atom is 0.224 e. The van der Waals surface area contributed by atoms with Crippen LogP contribution in [0.5, 0.6) is 0 Å². The van der Waals surface area contributed by atoms with Gasteiger partial charge in [-0.05, 0) is 56.8 Å². The first-order chi connectivity index (χ1) is 13.7. The maximum atomic E-state index is 13.1. The second kappa shape index (κ2) is 7.22. The van der Waals surface area contributed by atoms with Crippen LogP contribution in [-0.4, -0.2) is 41.1 Å². The number of amides is 1. The highest BCUT2D eigenvalue weighted by atomic mass is 16.2. The molecule has 0 radical (unpaired) electrons. The number of rotatable bonds is 3. The van der Waals surface area contributed by atoms with Gasteiger partial charge in [0.2, 0.25) is 5.91 Å². The van der Waals surface area contributed by atoms with Gasteiger partial charge in [0.05, 0.1) is 5.92 Å². The summed E-state index contributed by atoms with van der Waals surface area (Å²) in [4.78, 5) is 15.5. The molecule has 2 fully saturated rings. The topological polar surface area (TPSA) is 37.3 Å². The largest absolute Gasteiger partial charge is 0.353 e. The van der Waals surface area contributed by atoms with Crippen molar-refractivity contribution in [1.82, 2.24) is 14.8 Å². The van der Waals surface area contributed by atoms with Gasteiger partial charge in [-0.25, -0.2) is 0 Å². The van der Waals surface area contributed by atoms with E-state index < -0.39 is 0 Å². The zero-order valence-electron chi connectivity index (χ0n) is 17.3. The Balaban J connectivity index is 1.42. The van der Waals surface area contributed by atoms with Gasteiger partial charge in [-0.1, -0.05) is 31.4 Å². The maximum absolute atomic E-state index is 13.1. The molecule has 4 heteroatoms. The standard InChI is InChI=1S/C24H33N3O/c1-3-27-15-16-13-22-20(19-10-7-11-21(27)23(16)19)12-17(14-26(22)2)24(28)25-18-8-5-4-6-9-18/h7,10-11,15,17-18,20,22H,3-6,8-9,12-14H2,1-2H3,(H,25,28)/t17-,20?,22-/m1/s1. The molecule has 1 amide bonds. The number of nitrogens with one attached hydrogen (secondary N) is 1. The second-order valence-corrected chi connectivity index (χ2v) is 9.28. The quantitative estimate of drug-likeness (QED) is 0.873. The first-order valence-electron chi connectivity index (χ1n) is 11.3. The van der Waals surface area contributed by atoms with Gasteiger partial charge in [0.25, 0.3) is 0 Å². The molecule has 1 aromatic carbocycles. The lowest BCUT2D eigenvalue weighted by atomic mass is 9.72. The lowest BCUT2D eigenvalue weighted by molar-refractivity contribution is -0.128. The number of likely N-dealkylation sites (tertiary alicyclic amines) is 1. The first kappa shape index (κ1) is 18.2. The van der Waals surface area contributed by atoms with Crippen LogP contribution in [0.1, 0.15) is 62.5 Å². The molecule has 0 bridgehead atoms. The Morgan fingerprint density at radius 3 is 2.82 bits per heavy atom. The van der Waals surface area contributed by atoms with Gasteiger partial charge in [0.1, 0.15) is 0 Å². The monoisotopic (exact) mass is 379 g/mol. The molecule has 4 nitrogen and oxygen atoms in total. The Hall–Kier alpha value is -1.81. The Bertz CT molecular complexity index is 879. The molecule has 1 aromatic heterocycles. The van der Waals surface area contributed by atoms with Crippen molar-refractivity contribution in [1.29, 1.82) is 0 Å². The van der Waals surface area contributed by atoms with Crippen LogP contribution in [0, 0.1) is 5.92 Å². The third kappa shape index (κ3) is 2.97. The Morgan fingerprint density at radius 1 is 1.21 bits per heavy atom. The predicted molar refractivity (Wildman–Crippen MR) is 114 cm³/mol. The number of aryl methyl sites for hydroxylation is 1. The minimum Gasteiger partial charge on any atom is -0.353 e. The SMILES string of the molecule is CCn1cc2c3c(cccc31)C1C[C@@H](C(=O)NC3CCCCC3)CN(C)[C@@H]1C2. The average Bonchev–Trinajstić information content (AvgIpc) is 3.08. The molecule has 1 saturated carbocycles. The van der Waals surface area contributed by atoms with E-state index in [4.69, 9.17) is 0 Å². The molecule has 2 aliphatic carbocycles. The number of fused-ring (bicyclic) bond motifs is 2. The molecular formula is C24H33N3O. The first-order valence-corrected chi connectivity index (χ1v) is 11.3. The summed E-state index contributed by atoms with van der Waals surface area (Å²) in [5.41, 5.74) is 4.33. The molecule has 1 unspecified atom stereocenters. The number of aromatic nitrogens is 1. The van der Waals surface area contributed by atoms with Crippen molar-refractivity contribution in [2.45, 2.75) is 76.4 Å². The van der Waals surface area contributed by atoms with Crippen molar-refractivity contribution in [3.05, 3.63) is 35.5 Å². The summed E-state index contributed by atoms with van der Waals surface area (Å²) in [5.74, 6) is 0.865. The fraction of sp³-hybridized carbons (Fsp3) is 0.625. The molecule has 1 N–H and O–H groups in total. The van der Waals surface area contributed by atoms with Crippen molar-refractivity contribution in [3.8, 4) is 0 Å². The summed E-state index contributed by atoms with van der Waals surface area (Å²) >= 11 is 0. The third-order valence-electron chi connectivity index (χ3n) is 7.59. The number of likely N-dealkylation sites (N-methyl/N-ethyl adjacent to an activating group) is 1. The molecule has 28 heavy (non-hydrogen) atoms. The van der Waals surface area contributed by atoms with Crippen LogP contribution in [-0.2, 0) is 17.8 Å². The molecular weight excluding hydrogens is 346 g/mol. The molecule has 1 aliphatic heterocycles. The van der Waals surface area contributed by atoms with E-state index in [1.165, 1.54) is 41.3 Å². The van der Waals surface area contributed by atoms with Crippen molar-refractivity contribution in [3.63, 3.8) is 0 Å². The van der Waals surface area contributed by atoms with E-state index in [9.17, 15) is 4.79 Å². The Labute approximate surface area is 168 Å². The minimum atomic E-state index is 0.109. The highest BCUT2D eigenvalue weighted by molar-refractivity contribution is 5.89. The zero-order chi connectivity index (χ0) is 19.3. The van der Waals surface area contributed by atoms with E-state index in [-0.39, 0.29) is 5.92 Å². The van der Waals surface area contributed by atoms with Crippen LogP contribution < -0.4 is 5.32 Å². The summed E-state index contributed by atoms with van der Waals surface area (Å²) in [7, 11) is 2.22. The van der Waals surface area contributed by atoms with Gasteiger partial charge in [-0.2, -0.15) is 0 Å². The summed E-state index contributed by atoms with van der Waals surface area (Å²) in [6, 6.07) is 7.71. The van der Waals surface area contributed by atoms with E-state index in [2.05, 4.69) is 53.2 Å². The number of nitrogens with zero attached hydrogens (tertiary/aromatic N) is 2. The van der Waals surface area contributed by atoms with Crippen LogP contribution in [0.15, 0.2) is 24.4 Å². The van der Waals surface area contributed by atoms with Gasteiger partial charge in [0, 0.05) is 48.2 Å². The third-order valence-corrected chi connectivity index (χ3v) is 7.59. The van der Waals surface area contributed by atoms with Gasteiger partial charge >= 0.3 is 0 Å². The smallest absolute Gasteiger partial charge is 0.224 e. The van der Waals surface area contributed by atoms with E-state index in [0.29, 0.717) is 23.9 Å². The molecule has 150 valence electrons. The van der Waals surface area contributed by atoms with Crippen LogP contribution in [0.3, 0.4) is 0 Å². The van der Waals surface area contributed by atoms with Crippen molar-refractivity contribution in [2.75, 3.05) is 13.6 Å². The second-order valence-electron chi connectivity index (χ2n) is 9.28. The lowest BCUT2D eigenvalue weighted by Gasteiger charge is -2.45. The summed E-state index contributed by atoms with van der Waals surface area (Å²) in [6.07, 6.45) is 10.6. The van der Waals surface area contributed by atoms with E-state index in [1.54, 1.807) is 0 Å². The van der Waals surface area contributed by atoms with Crippen LogP contribution in [0.4, 0.5) is 0 Å².